The van der Waals surface area contributed by atoms with Gasteiger partial charge in [0.1, 0.15) is 0 Å². The van der Waals surface area contributed by atoms with Gasteiger partial charge in [-0.25, -0.2) is 12.2 Å². The number of halogens is 4. The maximum absolute atomic E-state index is 5.88. The van der Waals surface area contributed by atoms with Crippen LogP contribution in [0.2, 0.25) is 10.0 Å². The fourth-order valence-corrected chi connectivity index (χ4v) is 10.9. The van der Waals surface area contributed by atoms with E-state index in [1.807, 2.05) is 36.4 Å². The van der Waals surface area contributed by atoms with Crippen molar-refractivity contribution in [1.29, 1.82) is 0 Å². The van der Waals surface area contributed by atoms with Crippen molar-refractivity contribution in [2.45, 2.75) is 90.9 Å². The molecular weight excluding hydrogens is 990 g/mol. The van der Waals surface area contributed by atoms with Crippen molar-refractivity contribution in [1.82, 2.24) is 0 Å². The van der Waals surface area contributed by atoms with E-state index < -0.39 is 0 Å². The maximum Gasteiger partial charge on any atom is -0.109 e. The molecule has 2 aliphatic carbocycles. The normalized spacial score (nSPS) is 12.7. The Morgan fingerprint density at radius 1 is 0.574 bits per heavy atom. The van der Waals surface area contributed by atoms with Crippen LogP contribution in [0.5, 0.6) is 0 Å². The van der Waals surface area contributed by atoms with Crippen LogP contribution < -0.4 is 24.8 Å². The van der Waals surface area contributed by atoms with Gasteiger partial charge in [0.2, 0.25) is 0 Å². The van der Waals surface area contributed by atoms with Crippen molar-refractivity contribution in [3.8, 4) is 33.4 Å². The quantitative estimate of drug-likeness (QED) is 0.107. The average Bonchev–Trinajstić information content (AvgIpc) is 4.04. The molecule has 0 aliphatic heterocycles. The molecule has 0 saturated carbocycles. The summed E-state index contributed by atoms with van der Waals surface area (Å²) in [6, 6.07) is 59.0. The summed E-state index contributed by atoms with van der Waals surface area (Å²) < 4.78 is 1.52. The summed E-state index contributed by atoms with van der Waals surface area (Å²) >= 11 is 13.2. The van der Waals surface area contributed by atoms with Crippen LogP contribution in [-0.2, 0) is 43.5 Å². The fourth-order valence-electron chi connectivity index (χ4n) is 9.67. The van der Waals surface area contributed by atoms with Gasteiger partial charge in [-0.15, -0.1) is 35.2 Å². The van der Waals surface area contributed by atoms with Gasteiger partial charge in [0.05, 0.1) is 0 Å². The Morgan fingerprint density at radius 2 is 1.09 bits per heavy atom. The van der Waals surface area contributed by atoms with Gasteiger partial charge >= 0.3 is 133 Å². The number of allylic oxidation sites excluding steroid dienone is 4. The van der Waals surface area contributed by atoms with Gasteiger partial charge in [-0.1, -0.05) is 172 Å². The Bertz CT molecular complexity index is 2800. The first-order valence-electron chi connectivity index (χ1n) is 23.7. The molecule has 5 heteroatoms. The van der Waals surface area contributed by atoms with Crippen molar-refractivity contribution in [2.75, 3.05) is 0 Å². The molecule has 68 heavy (non-hydrogen) atoms. The van der Waals surface area contributed by atoms with E-state index in [1.54, 1.807) is 0 Å². The van der Waals surface area contributed by atoms with Gasteiger partial charge in [0, 0.05) is 0 Å². The molecule has 2 aliphatic rings. The van der Waals surface area contributed by atoms with Crippen LogP contribution in [0.25, 0.3) is 54.9 Å². The Kier molecular flexibility index (Phi) is 19.9. The van der Waals surface area contributed by atoms with Crippen LogP contribution in [0.4, 0.5) is 0 Å². The Labute approximate surface area is 443 Å². The standard InChI is InChI=1S/C43H41.C15H12Cl2.C5H5.2ClH.Zr/c1-5-13-28(3)38-26-40-32(24-42(38)36-21-11-17-30-15-7-9-19-34(30)36)23-33-25-43(39(27-41(33)40)29(4)14-6-2)37-22-12-18-31-16-8-10-20-35(31)37;16-14-8-4-12(5-9-14)2-1-3-13-6-10-15(17)11-7-13;1-2-4-5-3-1;;;/h7-12,15-22,24,26-29H,5-6,13-14,23H2,1-4H3;4-11H,2-3H2;1-3H,4H2;2*1H;/q-1;;-1;;;+2/p-2. The van der Waals surface area contributed by atoms with Crippen molar-refractivity contribution in [2.24, 2.45) is 0 Å². The fraction of sp³-hybridized carbons (Fsp3) is 0.222. The van der Waals surface area contributed by atoms with E-state index in [2.05, 4.69) is 173 Å². The average molecular weight is 1050 g/mol. The monoisotopic (exact) mass is 1040 g/mol. The molecule has 8 aromatic carbocycles. The first-order chi connectivity index (χ1) is 32.2. The second kappa shape index (κ2) is 25.5. The molecule has 2 unspecified atom stereocenters. The summed E-state index contributed by atoms with van der Waals surface area (Å²) in [5.74, 6) is 0.962. The predicted octanol–water partition coefficient (Wildman–Crippen LogP) is 12.3. The van der Waals surface area contributed by atoms with Crippen LogP contribution >= 0.6 is 23.2 Å². The topological polar surface area (TPSA) is 0 Å². The van der Waals surface area contributed by atoms with Crippen molar-refractivity contribution >= 4 is 48.0 Å². The van der Waals surface area contributed by atoms with Gasteiger partial charge in [-0.3, -0.25) is 6.08 Å². The van der Waals surface area contributed by atoms with Gasteiger partial charge in [-0.05, 0) is 57.2 Å². The van der Waals surface area contributed by atoms with E-state index in [4.69, 9.17) is 23.2 Å². The second-order valence-corrected chi connectivity index (χ2v) is 20.5. The van der Waals surface area contributed by atoms with E-state index in [0.717, 1.165) is 35.7 Å². The third-order valence-electron chi connectivity index (χ3n) is 13.0. The van der Waals surface area contributed by atoms with Crippen molar-refractivity contribution < 1.29 is 49.0 Å². The molecule has 0 bridgehead atoms. The van der Waals surface area contributed by atoms with Crippen LogP contribution in [0.3, 0.4) is 0 Å². The van der Waals surface area contributed by atoms with E-state index in [1.165, 1.54) is 141 Å². The third-order valence-corrected chi connectivity index (χ3v) is 14.4. The molecule has 0 spiro atoms. The summed E-state index contributed by atoms with van der Waals surface area (Å²) in [7, 11) is 0. The molecule has 0 amide bonds. The number of fused-ring (bicyclic) bond motifs is 5. The first kappa shape index (κ1) is 53.0. The number of hydrogen-bond acceptors (Lipinski definition) is 0. The minimum Gasteiger partial charge on any atom is -1.00 e. The summed E-state index contributed by atoms with van der Waals surface area (Å²) in [6.45, 7) is 9.43. The maximum atomic E-state index is 5.88. The SMILES string of the molecule is CCCC(C)c1cc2c([c-]c1-c1cccc3ccccc13)Cc1cc(-c3cccc4ccccc34)c(C(C)CCC)cc1-2.Clc1ccc(C[C](=[Zr+2])Cc2ccc(Cl)cc2)cc1.[C-]1=CC=CC1.[Cl-].[Cl-]. The third kappa shape index (κ3) is 12.9. The Balaban J connectivity index is 0.000000252. The molecule has 8 aromatic rings. The van der Waals surface area contributed by atoms with E-state index in [9.17, 15) is 0 Å². The molecule has 0 radical (unpaired) electrons. The van der Waals surface area contributed by atoms with E-state index in [0.29, 0.717) is 11.8 Å². The predicted molar refractivity (Wildman–Crippen MR) is 283 cm³/mol. The Morgan fingerprint density at radius 3 is 1.62 bits per heavy atom. The molecule has 344 valence electrons. The second-order valence-electron chi connectivity index (χ2n) is 17.9. The molecule has 0 aromatic heterocycles. The van der Waals surface area contributed by atoms with Gasteiger partial charge in [-0.2, -0.15) is 6.08 Å². The van der Waals surface area contributed by atoms with Crippen LogP contribution in [-0.4, -0.2) is 3.21 Å². The summed E-state index contributed by atoms with van der Waals surface area (Å²) in [5.41, 5.74) is 16.5. The minimum atomic E-state index is 0. The summed E-state index contributed by atoms with van der Waals surface area (Å²) in [5, 5.41) is 6.84. The zero-order valence-electron chi connectivity index (χ0n) is 39.5. The molecule has 0 fully saturated rings. The zero-order valence-corrected chi connectivity index (χ0v) is 45.0. The van der Waals surface area contributed by atoms with Gasteiger partial charge in [0.25, 0.3) is 0 Å². The molecule has 0 N–H and O–H groups in total. The van der Waals surface area contributed by atoms with E-state index in [-0.39, 0.29) is 24.8 Å². The number of hydrogen-bond donors (Lipinski definition) is 0. The molecule has 0 nitrogen and oxygen atoms in total. The smallest absolute Gasteiger partial charge is 0.109 e. The van der Waals surface area contributed by atoms with E-state index >= 15 is 0 Å². The van der Waals surface area contributed by atoms with Gasteiger partial charge < -0.3 is 24.8 Å². The minimum absolute atomic E-state index is 0. The molecule has 0 heterocycles. The molecule has 10 rings (SSSR count). The van der Waals surface area contributed by atoms with Crippen LogP contribution in [0.1, 0.15) is 105 Å². The number of rotatable bonds is 12. The Hall–Kier alpha value is -4.33. The van der Waals surface area contributed by atoms with Crippen LogP contribution in [0, 0.1) is 12.1 Å². The number of benzene rings is 8. The van der Waals surface area contributed by atoms with Crippen molar-refractivity contribution in [3.05, 3.63) is 225 Å². The largest absolute Gasteiger partial charge is 1.00 e. The molecule has 2 atom stereocenters. The first-order valence-corrected chi connectivity index (χ1v) is 25.7. The summed E-state index contributed by atoms with van der Waals surface area (Å²) in [4.78, 5) is 0. The zero-order chi connectivity index (χ0) is 46.0. The summed E-state index contributed by atoms with van der Waals surface area (Å²) in [6.07, 6.45) is 17.7. The van der Waals surface area contributed by atoms with Crippen molar-refractivity contribution in [3.63, 3.8) is 0 Å². The molecular formula is C63H58Cl4Zr-2. The van der Waals surface area contributed by atoms with Crippen LogP contribution in [0.15, 0.2) is 170 Å². The molecule has 0 saturated heterocycles. The van der Waals surface area contributed by atoms with Gasteiger partial charge in [0.15, 0.2) is 0 Å².